The van der Waals surface area contributed by atoms with E-state index in [1.54, 1.807) is 28.9 Å². The summed E-state index contributed by atoms with van der Waals surface area (Å²) < 4.78 is 29.0. The number of aromatic nitrogens is 2. The Balaban J connectivity index is 1.83. The third kappa shape index (κ3) is 3.25. The average molecular weight is 362 g/mol. The monoisotopic (exact) mass is 361 g/mol. The number of hydrogen-bond donors (Lipinski definition) is 1. The van der Waals surface area contributed by atoms with Crippen molar-refractivity contribution in [1.82, 2.24) is 9.78 Å². The van der Waals surface area contributed by atoms with Crippen molar-refractivity contribution in [3.63, 3.8) is 0 Å². The first kappa shape index (κ1) is 17.1. The van der Waals surface area contributed by atoms with Crippen molar-refractivity contribution in [3.8, 4) is 5.69 Å². The van der Waals surface area contributed by atoms with Crippen molar-refractivity contribution in [2.75, 3.05) is 5.32 Å². The van der Waals surface area contributed by atoms with Crippen LogP contribution in [-0.4, -0.2) is 15.7 Å². The molecule has 0 spiro atoms. The maximum Gasteiger partial charge on any atom is 0.261 e. The number of carbonyl (C=O) groups is 1. The van der Waals surface area contributed by atoms with Gasteiger partial charge in [-0.15, -0.1) is 0 Å². The molecule has 1 N–H and O–H groups in total. The van der Waals surface area contributed by atoms with Gasteiger partial charge < -0.3 is 5.32 Å². The van der Waals surface area contributed by atoms with Gasteiger partial charge in [0.15, 0.2) is 0 Å². The topological polar surface area (TPSA) is 46.9 Å². The van der Waals surface area contributed by atoms with Crippen LogP contribution in [0.4, 0.5) is 14.5 Å². The van der Waals surface area contributed by atoms with Gasteiger partial charge in [-0.05, 0) is 50.2 Å². The van der Waals surface area contributed by atoms with E-state index in [9.17, 15) is 13.6 Å². The Morgan fingerprint density at radius 3 is 2.20 bits per heavy atom. The Labute approximate surface area is 148 Å². The highest BCUT2D eigenvalue weighted by atomic mass is 35.5. The Bertz CT molecular complexity index is 931. The van der Waals surface area contributed by atoms with Crippen LogP contribution < -0.4 is 5.32 Å². The van der Waals surface area contributed by atoms with E-state index in [2.05, 4.69) is 10.4 Å². The van der Waals surface area contributed by atoms with E-state index in [0.29, 0.717) is 16.4 Å². The van der Waals surface area contributed by atoms with Crippen LogP contribution >= 0.6 is 11.6 Å². The number of carbonyl (C=O) groups excluding carboxylic acids is 1. The predicted molar refractivity (Wildman–Crippen MR) is 92.4 cm³/mol. The maximum absolute atomic E-state index is 13.6. The predicted octanol–water partition coefficient (Wildman–Crippen LogP) is 4.67. The third-order valence-corrected chi connectivity index (χ3v) is 4.31. The normalized spacial score (nSPS) is 10.8. The van der Waals surface area contributed by atoms with Crippen molar-refractivity contribution < 1.29 is 13.6 Å². The average Bonchev–Trinajstić information content (AvgIpc) is 2.83. The fourth-order valence-corrected chi connectivity index (χ4v) is 2.59. The summed E-state index contributed by atoms with van der Waals surface area (Å²) in [6.07, 6.45) is 0. The molecule has 0 aliphatic carbocycles. The van der Waals surface area contributed by atoms with E-state index < -0.39 is 23.1 Å². The van der Waals surface area contributed by atoms with Crippen LogP contribution in [0.25, 0.3) is 5.69 Å². The summed E-state index contributed by atoms with van der Waals surface area (Å²) in [4.78, 5) is 12.1. The third-order valence-electron chi connectivity index (χ3n) is 3.76. The number of rotatable bonds is 3. The minimum atomic E-state index is -0.911. The lowest BCUT2D eigenvalue weighted by molar-refractivity contribution is 0.101. The summed E-state index contributed by atoms with van der Waals surface area (Å²) in [5, 5.41) is 7.40. The van der Waals surface area contributed by atoms with Crippen molar-refractivity contribution in [3.05, 3.63) is 76.1 Å². The molecule has 128 valence electrons. The lowest BCUT2D eigenvalue weighted by Crippen LogP contribution is -2.15. The number of amides is 1. The Hall–Kier alpha value is -2.73. The Morgan fingerprint density at radius 1 is 1.08 bits per heavy atom. The number of benzene rings is 2. The highest BCUT2D eigenvalue weighted by molar-refractivity contribution is 6.31. The molecule has 0 bridgehead atoms. The van der Waals surface area contributed by atoms with Gasteiger partial charge in [0.05, 0.1) is 22.1 Å². The van der Waals surface area contributed by atoms with Crippen molar-refractivity contribution in [1.29, 1.82) is 0 Å². The zero-order valence-corrected chi connectivity index (χ0v) is 14.2. The molecular weight excluding hydrogens is 348 g/mol. The van der Waals surface area contributed by atoms with Crippen LogP contribution in [0.15, 0.2) is 42.5 Å². The minimum absolute atomic E-state index is 0.407. The lowest BCUT2D eigenvalue weighted by atomic mass is 10.1. The summed E-state index contributed by atoms with van der Waals surface area (Å²) in [6, 6.07) is 9.97. The van der Waals surface area contributed by atoms with Gasteiger partial charge in [-0.1, -0.05) is 17.7 Å². The van der Waals surface area contributed by atoms with Gasteiger partial charge in [0.1, 0.15) is 17.2 Å². The Kier molecular flexibility index (Phi) is 4.55. The van der Waals surface area contributed by atoms with E-state index >= 15 is 0 Å². The lowest BCUT2D eigenvalue weighted by Gasteiger charge is -2.09. The van der Waals surface area contributed by atoms with Gasteiger partial charge >= 0.3 is 0 Å². The summed E-state index contributed by atoms with van der Waals surface area (Å²) in [6.45, 7) is 3.66. The second-order valence-electron chi connectivity index (χ2n) is 5.49. The molecule has 1 amide bonds. The van der Waals surface area contributed by atoms with Gasteiger partial charge in [0.2, 0.25) is 0 Å². The zero-order valence-electron chi connectivity index (χ0n) is 13.5. The fraction of sp³-hybridized carbons (Fsp3) is 0.111. The van der Waals surface area contributed by atoms with Gasteiger partial charge in [-0.2, -0.15) is 5.10 Å². The minimum Gasteiger partial charge on any atom is -0.322 e. The van der Waals surface area contributed by atoms with Gasteiger partial charge in [-0.25, -0.2) is 13.5 Å². The molecule has 0 saturated carbocycles. The van der Waals surface area contributed by atoms with E-state index in [0.717, 1.165) is 23.5 Å². The molecule has 0 aliphatic rings. The summed E-state index contributed by atoms with van der Waals surface area (Å²) in [5.41, 5.74) is 2.06. The molecule has 0 unspecified atom stereocenters. The van der Waals surface area contributed by atoms with E-state index in [1.165, 1.54) is 6.07 Å². The van der Waals surface area contributed by atoms with Crippen LogP contribution in [0.1, 0.15) is 21.7 Å². The summed E-state index contributed by atoms with van der Waals surface area (Å²) >= 11 is 6.13. The molecule has 2 aromatic carbocycles. The van der Waals surface area contributed by atoms with Crippen molar-refractivity contribution in [2.45, 2.75) is 13.8 Å². The second-order valence-corrected chi connectivity index (χ2v) is 5.87. The van der Waals surface area contributed by atoms with Gasteiger partial charge in [0, 0.05) is 5.69 Å². The van der Waals surface area contributed by atoms with Crippen LogP contribution in [0, 0.1) is 25.5 Å². The zero-order chi connectivity index (χ0) is 18.1. The van der Waals surface area contributed by atoms with Gasteiger partial charge in [0.25, 0.3) is 5.91 Å². The number of aryl methyl sites for hydroxylation is 1. The van der Waals surface area contributed by atoms with Gasteiger partial charge in [-0.3, -0.25) is 4.79 Å². The van der Waals surface area contributed by atoms with Crippen LogP contribution in [0.3, 0.4) is 0 Å². The fourth-order valence-electron chi connectivity index (χ4n) is 2.47. The standard InChI is InChI=1S/C18H14ClF2N3O/c1-10-17(19)11(2)24(23-10)13-8-6-12(7-9-13)22-18(25)16-14(20)4-3-5-15(16)21/h3-9H,1-2H3,(H,22,25). The molecule has 3 rings (SSSR count). The van der Waals surface area contributed by atoms with Crippen LogP contribution in [0.2, 0.25) is 5.02 Å². The highest BCUT2D eigenvalue weighted by Crippen LogP contribution is 2.23. The molecule has 1 heterocycles. The first-order chi connectivity index (χ1) is 11.9. The Morgan fingerprint density at radius 2 is 1.68 bits per heavy atom. The number of hydrogen-bond acceptors (Lipinski definition) is 2. The number of anilines is 1. The molecule has 0 aliphatic heterocycles. The number of halogens is 3. The van der Waals surface area contributed by atoms with E-state index in [-0.39, 0.29) is 0 Å². The molecule has 7 heteroatoms. The molecule has 0 radical (unpaired) electrons. The van der Waals surface area contributed by atoms with Crippen LogP contribution in [0.5, 0.6) is 0 Å². The molecule has 0 fully saturated rings. The maximum atomic E-state index is 13.6. The smallest absolute Gasteiger partial charge is 0.261 e. The molecule has 4 nitrogen and oxygen atoms in total. The van der Waals surface area contributed by atoms with Crippen molar-refractivity contribution >= 4 is 23.2 Å². The van der Waals surface area contributed by atoms with E-state index in [1.807, 2.05) is 13.8 Å². The molecular formula is C18H14ClF2N3O. The van der Waals surface area contributed by atoms with Crippen LogP contribution in [-0.2, 0) is 0 Å². The van der Waals surface area contributed by atoms with E-state index in [4.69, 9.17) is 11.6 Å². The molecule has 3 aromatic rings. The highest BCUT2D eigenvalue weighted by Gasteiger charge is 2.17. The molecule has 1 aromatic heterocycles. The summed E-state index contributed by atoms with van der Waals surface area (Å²) in [7, 11) is 0. The number of nitrogens with one attached hydrogen (secondary N) is 1. The molecule has 25 heavy (non-hydrogen) atoms. The largest absolute Gasteiger partial charge is 0.322 e. The van der Waals surface area contributed by atoms with Crippen molar-refractivity contribution in [2.24, 2.45) is 0 Å². The molecule has 0 saturated heterocycles. The number of nitrogens with zero attached hydrogens (tertiary/aromatic N) is 2. The second kappa shape index (κ2) is 6.64. The first-order valence-corrected chi connectivity index (χ1v) is 7.84. The molecule has 0 atom stereocenters. The SMILES string of the molecule is Cc1nn(-c2ccc(NC(=O)c3c(F)cccc3F)cc2)c(C)c1Cl. The summed E-state index contributed by atoms with van der Waals surface area (Å²) in [5.74, 6) is -2.67. The quantitative estimate of drug-likeness (QED) is 0.736. The first-order valence-electron chi connectivity index (χ1n) is 7.46.